The van der Waals surface area contributed by atoms with E-state index in [1.807, 2.05) is 20.8 Å². The smallest absolute Gasteiger partial charge is 0.410 e. The summed E-state index contributed by atoms with van der Waals surface area (Å²) in [5.74, 6) is 0.824. The Bertz CT molecular complexity index is 1400. The lowest BCUT2D eigenvalue weighted by molar-refractivity contribution is -0.254. The number of hydrogen-bond donors (Lipinski definition) is 2. The molecule has 2 aromatic carbocycles. The first-order valence-electron chi connectivity index (χ1n) is 14.3. The number of carbonyl (C=O) groups is 1. The van der Waals surface area contributed by atoms with Gasteiger partial charge in [0.2, 0.25) is 0 Å². The van der Waals surface area contributed by atoms with Gasteiger partial charge in [0, 0.05) is 34.8 Å². The Morgan fingerprint density at radius 1 is 1.08 bits per heavy atom. The number of fused-ring (bicyclic) bond motifs is 3. The van der Waals surface area contributed by atoms with Crippen molar-refractivity contribution in [3.8, 4) is 5.75 Å². The number of aliphatic hydroxyl groups excluding tert-OH is 1. The number of para-hydroxylation sites is 1. The van der Waals surface area contributed by atoms with Gasteiger partial charge in [-0.3, -0.25) is 4.90 Å². The molecular formula is C32H39N3O4. The SMILES string of the molecule is CC1Cc2c([nH]c3ccccc23)[C@@H](c2ccc(OC3CN(C(=O)OC(C)(C)C)C3)cc2)N1C12CC(CO)(C1)C2. The molecule has 4 fully saturated rings. The van der Waals surface area contributed by atoms with Crippen LogP contribution in [-0.4, -0.2) is 69.0 Å². The molecule has 8 rings (SSSR count). The molecule has 2 atom stereocenters. The molecule has 7 nitrogen and oxygen atoms in total. The fourth-order valence-corrected chi connectivity index (χ4v) is 7.82. The van der Waals surface area contributed by atoms with Gasteiger partial charge in [0.1, 0.15) is 17.5 Å². The Morgan fingerprint density at radius 3 is 2.44 bits per heavy atom. The van der Waals surface area contributed by atoms with Crippen molar-refractivity contribution in [2.24, 2.45) is 5.41 Å². The van der Waals surface area contributed by atoms with Gasteiger partial charge in [0.15, 0.2) is 0 Å². The molecule has 1 unspecified atom stereocenters. The second kappa shape index (κ2) is 8.48. The van der Waals surface area contributed by atoms with E-state index in [2.05, 4.69) is 65.3 Å². The molecule has 5 aliphatic rings. The van der Waals surface area contributed by atoms with Gasteiger partial charge in [-0.2, -0.15) is 0 Å². The van der Waals surface area contributed by atoms with Crippen LogP contribution in [0, 0.1) is 5.41 Å². The van der Waals surface area contributed by atoms with Crippen molar-refractivity contribution in [3.05, 3.63) is 65.4 Å². The number of carbonyl (C=O) groups excluding carboxylic acids is 1. The number of aromatic nitrogens is 1. The summed E-state index contributed by atoms with van der Waals surface area (Å²) in [5.41, 5.74) is 5.02. The number of aromatic amines is 1. The summed E-state index contributed by atoms with van der Waals surface area (Å²) in [6, 6.07) is 17.7. The number of likely N-dealkylation sites (tertiary alicyclic amines) is 1. The van der Waals surface area contributed by atoms with E-state index in [0.29, 0.717) is 25.7 Å². The maximum absolute atomic E-state index is 12.3. The van der Waals surface area contributed by atoms with Gasteiger partial charge in [-0.05, 0) is 88.1 Å². The highest BCUT2D eigenvalue weighted by atomic mass is 16.6. The molecule has 2 aliphatic heterocycles. The van der Waals surface area contributed by atoms with E-state index in [4.69, 9.17) is 9.47 Å². The predicted octanol–water partition coefficient (Wildman–Crippen LogP) is 5.42. The lowest BCUT2D eigenvalue weighted by Crippen LogP contribution is -2.77. The number of aliphatic hydroxyl groups is 1. The van der Waals surface area contributed by atoms with Crippen LogP contribution in [0.1, 0.15) is 69.8 Å². The first-order chi connectivity index (χ1) is 18.6. The van der Waals surface area contributed by atoms with Gasteiger partial charge in [0.25, 0.3) is 0 Å². The molecule has 7 heteroatoms. The minimum Gasteiger partial charge on any atom is -0.487 e. The molecule has 0 radical (unpaired) electrons. The average Bonchev–Trinajstić information content (AvgIpc) is 3.17. The molecular weight excluding hydrogens is 490 g/mol. The molecule has 2 bridgehead atoms. The lowest BCUT2D eigenvalue weighted by Gasteiger charge is -2.76. The summed E-state index contributed by atoms with van der Waals surface area (Å²) in [6.07, 6.45) is 3.98. The van der Waals surface area contributed by atoms with Gasteiger partial charge >= 0.3 is 6.09 Å². The number of nitrogens with zero attached hydrogens (tertiary/aromatic N) is 2. The molecule has 206 valence electrons. The molecule has 3 aromatic rings. The lowest BCUT2D eigenvalue weighted by atomic mass is 9.38. The largest absolute Gasteiger partial charge is 0.487 e. The third-order valence-electron chi connectivity index (χ3n) is 9.37. The van der Waals surface area contributed by atoms with E-state index >= 15 is 0 Å². The summed E-state index contributed by atoms with van der Waals surface area (Å²) in [4.78, 5) is 20.5. The summed E-state index contributed by atoms with van der Waals surface area (Å²) in [5, 5.41) is 11.3. The summed E-state index contributed by atoms with van der Waals surface area (Å²) >= 11 is 0. The number of nitrogens with one attached hydrogen (secondary N) is 1. The average molecular weight is 530 g/mol. The molecule has 2 N–H and O–H groups in total. The second-order valence-corrected chi connectivity index (χ2v) is 13.5. The van der Waals surface area contributed by atoms with Gasteiger partial charge < -0.3 is 24.5 Å². The Hall–Kier alpha value is -3.03. The van der Waals surface area contributed by atoms with E-state index in [1.165, 1.54) is 27.7 Å². The van der Waals surface area contributed by atoms with E-state index in [0.717, 1.165) is 31.4 Å². The van der Waals surface area contributed by atoms with Gasteiger partial charge in [-0.25, -0.2) is 4.79 Å². The normalized spacial score (nSPS) is 30.2. The Balaban J connectivity index is 1.13. The summed E-state index contributed by atoms with van der Waals surface area (Å²) in [7, 11) is 0. The zero-order chi connectivity index (χ0) is 27.2. The highest BCUT2D eigenvalue weighted by Crippen LogP contribution is 2.71. The zero-order valence-corrected chi connectivity index (χ0v) is 23.4. The van der Waals surface area contributed by atoms with Crippen LogP contribution < -0.4 is 4.74 Å². The molecule has 1 saturated heterocycles. The Labute approximate surface area is 230 Å². The maximum Gasteiger partial charge on any atom is 0.410 e. The molecule has 3 saturated carbocycles. The quantitative estimate of drug-likeness (QED) is 0.462. The van der Waals surface area contributed by atoms with Crippen LogP contribution in [-0.2, 0) is 11.2 Å². The molecule has 3 aliphatic carbocycles. The van der Waals surface area contributed by atoms with Crippen LogP contribution in [0.3, 0.4) is 0 Å². The fraction of sp³-hybridized carbons (Fsp3) is 0.531. The van der Waals surface area contributed by atoms with Crippen LogP contribution in [0.2, 0.25) is 0 Å². The number of hydrogen-bond acceptors (Lipinski definition) is 5. The molecule has 0 spiro atoms. The van der Waals surface area contributed by atoms with Crippen molar-refractivity contribution in [2.75, 3.05) is 19.7 Å². The first kappa shape index (κ1) is 25.0. The minimum absolute atomic E-state index is 0.0228. The van der Waals surface area contributed by atoms with Gasteiger partial charge in [-0.1, -0.05) is 30.3 Å². The molecule has 3 heterocycles. The standard InChI is InChI=1S/C32H39N3O4/c1-20-13-25-24-7-5-6-8-26(24)33-27(25)28(35(20)32-16-31(17-32,18-32)19-36)21-9-11-22(12-10-21)38-23-14-34(15-23)29(37)39-30(2,3)4/h5-12,20,23,28,33,36H,13-19H2,1-4H3/t20?,28-,31?,32?/m1/s1. The number of rotatable bonds is 5. The maximum atomic E-state index is 12.3. The minimum atomic E-state index is -0.494. The van der Waals surface area contributed by atoms with E-state index in [9.17, 15) is 9.90 Å². The number of benzene rings is 2. The highest BCUT2D eigenvalue weighted by Gasteiger charge is 2.71. The van der Waals surface area contributed by atoms with E-state index in [1.54, 1.807) is 4.90 Å². The Morgan fingerprint density at radius 2 is 1.77 bits per heavy atom. The number of ether oxygens (including phenoxy) is 2. The number of amides is 1. The molecule has 1 aromatic heterocycles. The van der Waals surface area contributed by atoms with Crippen molar-refractivity contribution in [2.45, 2.75) is 82.7 Å². The topological polar surface area (TPSA) is 78.0 Å². The van der Waals surface area contributed by atoms with Crippen LogP contribution in [0.25, 0.3) is 10.9 Å². The van der Waals surface area contributed by atoms with Gasteiger partial charge in [0.05, 0.1) is 19.1 Å². The van der Waals surface area contributed by atoms with Crippen LogP contribution in [0.5, 0.6) is 5.75 Å². The molecule has 1 amide bonds. The monoisotopic (exact) mass is 529 g/mol. The van der Waals surface area contributed by atoms with Crippen LogP contribution in [0.4, 0.5) is 4.79 Å². The summed E-state index contributed by atoms with van der Waals surface area (Å²) < 4.78 is 11.7. The first-order valence-corrected chi connectivity index (χ1v) is 14.3. The Kier molecular flexibility index (Phi) is 5.43. The summed E-state index contributed by atoms with van der Waals surface area (Å²) in [6.45, 7) is 9.39. The zero-order valence-electron chi connectivity index (χ0n) is 23.4. The van der Waals surface area contributed by atoms with Crippen molar-refractivity contribution < 1.29 is 19.4 Å². The predicted molar refractivity (Wildman–Crippen MR) is 150 cm³/mol. The third-order valence-corrected chi connectivity index (χ3v) is 9.37. The van der Waals surface area contributed by atoms with E-state index < -0.39 is 5.60 Å². The number of H-pyrrole nitrogens is 1. The van der Waals surface area contributed by atoms with Crippen molar-refractivity contribution in [1.82, 2.24) is 14.8 Å². The van der Waals surface area contributed by atoms with Crippen molar-refractivity contribution in [3.63, 3.8) is 0 Å². The van der Waals surface area contributed by atoms with Crippen molar-refractivity contribution in [1.29, 1.82) is 0 Å². The van der Waals surface area contributed by atoms with E-state index in [-0.39, 0.29) is 29.2 Å². The van der Waals surface area contributed by atoms with Crippen LogP contribution in [0.15, 0.2) is 48.5 Å². The highest BCUT2D eigenvalue weighted by molar-refractivity contribution is 5.85. The van der Waals surface area contributed by atoms with Crippen molar-refractivity contribution >= 4 is 17.0 Å². The molecule has 39 heavy (non-hydrogen) atoms. The van der Waals surface area contributed by atoms with Crippen LogP contribution >= 0.6 is 0 Å². The fourth-order valence-electron chi connectivity index (χ4n) is 7.82. The third kappa shape index (κ3) is 3.96. The second-order valence-electron chi connectivity index (χ2n) is 13.5. The van der Waals surface area contributed by atoms with Gasteiger partial charge in [-0.15, -0.1) is 0 Å².